The summed E-state index contributed by atoms with van der Waals surface area (Å²) in [6.45, 7) is 7.85. The molecule has 0 aromatic carbocycles. The molecule has 0 bridgehead atoms. The molecule has 4 saturated heterocycles. The lowest BCUT2D eigenvalue weighted by Gasteiger charge is -2.45. The number of rotatable bonds is 0. The number of hydrogen-bond donors (Lipinski definition) is 1. The third kappa shape index (κ3) is 1.26. The van der Waals surface area contributed by atoms with Crippen LogP contribution in [0.1, 0.15) is 47.0 Å². The van der Waals surface area contributed by atoms with Crippen LogP contribution >= 0.6 is 0 Å². The van der Waals surface area contributed by atoms with Gasteiger partial charge in [0.1, 0.15) is 12.2 Å². The highest BCUT2D eigenvalue weighted by molar-refractivity contribution is 5.92. The van der Waals surface area contributed by atoms with Crippen molar-refractivity contribution in [1.82, 2.24) is 0 Å². The Hall–Kier alpha value is -1.67. The summed E-state index contributed by atoms with van der Waals surface area (Å²) in [5.74, 6) is -2.54. The first-order valence-electron chi connectivity index (χ1n) is 9.98. The van der Waals surface area contributed by atoms with E-state index in [0.717, 1.165) is 0 Å². The molecule has 1 N–H and O–H groups in total. The zero-order valence-electron chi connectivity index (χ0n) is 16.3. The van der Waals surface area contributed by atoms with Crippen molar-refractivity contribution in [3.8, 4) is 0 Å². The number of esters is 3. The van der Waals surface area contributed by atoms with Gasteiger partial charge in [-0.15, -0.1) is 0 Å². The predicted octanol–water partition coefficient (Wildman–Crippen LogP) is 0.689. The monoisotopic (exact) mass is 392 g/mol. The summed E-state index contributed by atoms with van der Waals surface area (Å²) < 4.78 is 23.2. The Morgan fingerprint density at radius 2 is 1.79 bits per heavy atom. The van der Waals surface area contributed by atoms with Crippen LogP contribution in [0.25, 0.3) is 0 Å². The van der Waals surface area contributed by atoms with E-state index in [-0.39, 0.29) is 30.1 Å². The van der Waals surface area contributed by atoms with Gasteiger partial charge in [-0.05, 0) is 24.7 Å². The van der Waals surface area contributed by atoms with Crippen molar-refractivity contribution < 1.29 is 38.4 Å². The predicted molar refractivity (Wildman–Crippen MR) is 89.2 cm³/mol. The SMILES string of the molecule is C[C@@H]1C(=O)OC2CC34C5C[C@@H](C(C)(C)C)C36CC(=O)OC6OC4(C(=O)O5)[C@]21O. The number of carbonyl (C=O) groups is 3. The van der Waals surface area contributed by atoms with Crippen LogP contribution in [0.15, 0.2) is 0 Å². The number of aliphatic hydroxyl groups is 1. The molecule has 8 heteroatoms. The Morgan fingerprint density at radius 3 is 2.46 bits per heavy atom. The van der Waals surface area contributed by atoms with Crippen LogP contribution in [0, 0.1) is 28.1 Å². The van der Waals surface area contributed by atoms with Gasteiger partial charge in [0, 0.05) is 6.42 Å². The summed E-state index contributed by atoms with van der Waals surface area (Å²) in [5, 5.41) is 11.8. The Kier molecular flexibility index (Phi) is 2.62. The van der Waals surface area contributed by atoms with E-state index in [0.29, 0.717) is 6.42 Å². The van der Waals surface area contributed by atoms with Crippen LogP contribution in [0.4, 0.5) is 0 Å². The number of hydrogen-bond acceptors (Lipinski definition) is 8. The van der Waals surface area contributed by atoms with E-state index in [1.165, 1.54) is 0 Å². The molecule has 6 aliphatic rings. The molecule has 6 rings (SSSR count). The maximum absolute atomic E-state index is 13.3. The molecule has 0 aromatic rings. The Bertz CT molecular complexity index is 861. The molecule has 2 aliphatic carbocycles. The smallest absolute Gasteiger partial charge is 0.342 e. The molecular weight excluding hydrogens is 368 g/mol. The van der Waals surface area contributed by atoms with Gasteiger partial charge < -0.3 is 24.1 Å². The molecule has 9 atom stereocenters. The van der Waals surface area contributed by atoms with Crippen LogP contribution in [-0.4, -0.2) is 52.7 Å². The molecule has 6 fully saturated rings. The van der Waals surface area contributed by atoms with Gasteiger partial charge >= 0.3 is 17.9 Å². The lowest BCUT2D eigenvalue weighted by Crippen LogP contribution is -2.65. The van der Waals surface area contributed by atoms with Gasteiger partial charge in [-0.2, -0.15) is 0 Å². The number of carbonyl (C=O) groups excluding carboxylic acids is 3. The van der Waals surface area contributed by atoms with Crippen molar-refractivity contribution in [1.29, 1.82) is 0 Å². The average molecular weight is 392 g/mol. The summed E-state index contributed by atoms with van der Waals surface area (Å²) in [5.41, 5.74) is -5.57. The molecule has 0 radical (unpaired) electrons. The van der Waals surface area contributed by atoms with Gasteiger partial charge in [0.2, 0.25) is 11.9 Å². The van der Waals surface area contributed by atoms with Gasteiger partial charge in [0.05, 0.1) is 23.2 Å². The van der Waals surface area contributed by atoms with E-state index in [4.69, 9.17) is 18.9 Å². The molecule has 2 spiro atoms. The average Bonchev–Trinajstić information content (AvgIpc) is 3.28. The number of ether oxygens (including phenoxy) is 4. The minimum atomic E-state index is -1.84. The first-order valence-corrected chi connectivity index (χ1v) is 9.98. The lowest BCUT2D eigenvalue weighted by molar-refractivity contribution is -0.238. The standard InChI is InChI=1S/C20H24O8/c1-8-13(22)25-11-6-18-10-5-9(16(2,3)4)17(18)7-12(21)27-15(17)28-20(18,14(23)26-10)19(8,11)24/h8-11,15,24H,5-7H2,1-4H3/t8-,9+,10?,11?,15?,17?,18?,19-,20?/m1/s1. The minimum absolute atomic E-state index is 0.0233. The highest BCUT2D eigenvalue weighted by Gasteiger charge is 2.99. The molecular formula is C20H24O8. The molecule has 6 unspecified atom stereocenters. The van der Waals surface area contributed by atoms with Crippen LogP contribution in [0.5, 0.6) is 0 Å². The van der Waals surface area contributed by atoms with E-state index in [1.54, 1.807) is 6.92 Å². The summed E-state index contributed by atoms with van der Waals surface area (Å²) in [6.07, 6.45) is -1.40. The van der Waals surface area contributed by atoms with Crippen molar-refractivity contribution in [3.63, 3.8) is 0 Å². The Labute approximate surface area is 161 Å². The van der Waals surface area contributed by atoms with Crippen LogP contribution < -0.4 is 0 Å². The van der Waals surface area contributed by atoms with Gasteiger partial charge in [0.15, 0.2) is 5.60 Å². The van der Waals surface area contributed by atoms with Crippen LogP contribution in [0.3, 0.4) is 0 Å². The van der Waals surface area contributed by atoms with Gasteiger partial charge in [-0.3, -0.25) is 9.59 Å². The first-order chi connectivity index (χ1) is 13.0. The molecule has 0 amide bonds. The van der Waals surface area contributed by atoms with E-state index in [2.05, 4.69) is 20.8 Å². The highest BCUT2D eigenvalue weighted by atomic mass is 16.7. The van der Waals surface area contributed by atoms with Crippen molar-refractivity contribution in [2.45, 2.75) is 76.7 Å². The highest BCUT2D eigenvalue weighted by Crippen LogP contribution is 2.84. The molecule has 8 nitrogen and oxygen atoms in total. The van der Waals surface area contributed by atoms with Crippen molar-refractivity contribution in [2.75, 3.05) is 0 Å². The second-order valence-corrected chi connectivity index (χ2v) is 10.5. The Morgan fingerprint density at radius 1 is 1.07 bits per heavy atom. The summed E-state index contributed by atoms with van der Waals surface area (Å²) in [6, 6.07) is 0. The minimum Gasteiger partial charge on any atom is -0.459 e. The van der Waals surface area contributed by atoms with E-state index in [9.17, 15) is 19.5 Å². The first kappa shape index (κ1) is 17.2. The Balaban J connectivity index is 1.66. The third-order valence-electron chi connectivity index (χ3n) is 8.88. The zero-order valence-corrected chi connectivity index (χ0v) is 16.3. The fraction of sp³-hybridized carbons (Fsp3) is 0.850. The molecule has 2 saturated carbocycles. The van der Waals surface area contributed by atoms with Gasteiger partial charge in [-0.25, -0.2) is 4.79 Å². The van der Waals surface area contributed by atoms with Crippen LogP contribution in [0.2, 0.25) is 0 Å². The summed E-state index contributed by atoms with van der Waals surface area (Å²) in [4.78, 5) is 38.0. The van der Waals surface area contributed by atoms with Gasteiger partial charge in [-0.1, -0.05) is 20.8 Å². The van der Waals surface area contributed by atoms with E-state index < -0.39 is 58.4 Å². The van der Waals surface area contributed by atoms with E-state index in [1.807, 2.05) is 0 Å². The summed E-state index contributed by atoms with van der Waals surface area (Å²) >= 11 is 0. The maximum Gasteiger partial charge on any atom is 0.342 e. The zero-order chi connectivity index (χ0) is 20.1. The third-order valence-corrected chi connectivity index (χ3v) is 8.88. The lowest BCUT2D eigenvalue weighted by atomic mass is 9.52. The van der Waals surface area contributed by atoms with Gasteiger partial charge in [0.25, 0.3) is 0 Å². The second-order valence-electron chi connectivity index (χ2n) is 10.5. The molecule has 0 aromatic heterocycles. The second kappa shape index (κ2) is 4.26. The van der Waals surface area contributed by atoms with Crippen molar-refractivity contribution >= 4 is 17.9 Å². The summed E-state index contributed by atoms with van der Waals surface area (Å²) in [7, 11) is 0. The van der Waals surface area contributed by atoms with Crippen molar-refractivity contribution in [2.24, 2.45) is 28.1 Å². The quantitative estimate of drug-likeness (QED) is 0.474. The largest absolute Gasteiger partial charge is 0.459 e. The topological polar surface area (TPSA) is 108 Å². The molecule has 28 heavy (non-hydrogen) atoms. The fourth-order valence-corrected chi connectivity index (χ4v) is 8.04. The molecule has 152 valence electrons. The number of fused-ring (bicyclic) bond motifs is 1. The fourth-order valence-electron chi connectivity index (χ4n) is 8.04. The molecule has 4 aliphatic heterocycles. The van der Waals surface area contributed by atoms with Crippen molar-refractivity contribution in [3.05, 3.63) is 0 Å². The van der Waals surface area contributed by atoms with E-state index >= 15 is 0 Å². The molecule has 4 heterocycles. The maximum atomic E-state index is 13.3. The van der Waals surface area contributed by atoms with Crippen LogP contribution in [-0.2, 0) is 33.3 Å². The normalized spacial score (nSPS) is 58.2.